The first-order chi connectivity index (χ1) is 6.50. The van der Waals surface area contributed by atoms with E-state index in [2.05, 4.69) is 12.0 Å². The summed E-state index contributed by atoms with van der Waals surface area (Å²) in [7, 11) is 0.657. The molecule has 1 heterocycles. The first kappa shape index (κ1) is 11.4. The van der Waals surface area contributed by atoms with Gasteiger partial charge in [0.1, 0.15) is 0 Å². The summed E-state index contributed by atoms with van der Waals surface area (Å²) in [5.41, 5.74) is 1.03. The molecule has 0 bridgehead atoms. The number of hydrogen-bond donors (Lipinski definition) is 1. The lowest BCUT2D eigenvalue weighted by Gasteiger charge is -2.12. The Bertz CT molecular complexity index is 324. The lowest BCUT2D eigenvalue weighted by atomic mass is 10.0. The van der Waals surface area contributed by atoms with Gasteiger partial charge in [0.15, 0.2) is 0 Å². The fourth-order valence-electron chi connectivity index (χ4n) is 1.41. The second-order valence-electron chi connectivity index (χ2n) is 3.69. The average molecular weight is 215 g/mol. The molecule has 0 aliphatic carbocycles. The molecule has 2 unspecified atom stereocenters. The van der Waals surface area contributed by atoms with Gasteiger partial charge in [-0.25, -0.2) is 4.21 Å². The van der Waals surface area contributed by atoms with E-state index < -0.39 is 11.0 Å². The van der Waals surface area contributed by atoms with Crippen LogP contribution in [-0.2, 0) is 18.0 Å². The van der Waals surface area contributed by atoms with E-state index in [0.29, 0.717) is 5.92 Å². The normalized spacial score (nSPS) is 17.7. The molecule has 0 aromatic carbocycles. The highest BCUT2D eigenvalue weighted by molar-refractivity contribution is 7.83. The van der Waals surface area contributed by atoms with Gasteiger partial charge in [0.25, 0.3) is 0 Å². The standard InChI is InChI=1S/C9H17N3OS/c1-7(6-8(2)14(10)13)9-4-5-12(3)11-9/h4-5,7-8H,6,10H2,1-3H3/t7-,8?,14?/m1/s1. The van der Waals surface area contributed by atoms with Crippen LogP contribution in [0, 0.1) is 0 Å². The minimum atomic E-state index is -1.23. The Morgan fingerprint density at radius 3 is 2.71 bits per heavy atom. The zero-order chi connectivity index (χ0) is 10.7. The Balaban J connectivity index is 2.58. The van der Waals surface area contributed by atoms with Crippen molar-refractivity contribution in [1.29, 1.82) is 0 Å². The Labute approximate surface area is 87.1 Å². The molecule has 0 spiro atoms. The van der Waals surface area contributed by atoms with Crippen LogP contribution in [0.15, 0.2) is 12.3 Å². The lowest BCUT2D eigenvalue weighted by molar-refractivity contribution is 0.613. The maximum atomic E-state index is 11.0. The summed E-state index contributed by atoms with van der Waals surface area (Å²) in [4.78, 5) is 0. The topological polar surface area (TPSA) is 60.9 Å². The Hall–Kier alpha value is -0.680. The summed E-state index contributed by atoms with van der Waals surface area (Å²) < 4.78 is 12.8. The largest absolute Gasteiger partial charge is 0.276 e. The zero-order valence-electron chi connectivity index (χ0n) is 8.80. The van der Waals surface area contributed by atoms with Gasteiger partial charge in [0.2, 0.25) is 0 Å². The van der Waals surface area contributed by atoms with E-state index in [-0.39, 0.29) is 5.25 Å². The second-order valence-corrected chi connectivity index (χ2v) is 5.15. The second kappa shape index (κ2) is 4.70. The fraction of sp³-hybridized carbons (Fsp3) is 0.667. The van der Waals surface area contributed by atoms with Crippen LogP contribution in [0.3, 0.4) is 0 Å². The molecule has 4 nitrogen and oxygen atoms in total. The predicted octanol–water partition coefficient (Wildman–Crippen LogP) is 0.925. The van der Waals surface area contributed by atoms with E-state index in [1.165, 1.54) is 0 Å². The third kappa shape index (κ3) is 2.92. The van der Waals surface area contributed by atoms with Crippen LogP contribution in [0.4, 0.5) is 0 Å². The van der Waals surface area contributed by atoms with Crippen molar-refractivity contribution in [3.05, 3.63) is 18.0 Å². The van der Waals surface area contributed by atoms with Crippen LogP contribution in [-0.4, -0.2) is 19.2 Å². The van der Waals surface area contributed by atoms with Crippen LogP contribution in [0.1, 0.15) is 31.9 Å². The molecule has 14 heavy (non-hydrogen) atoms. The number of aromatic nitrogens is 2. The van der Waals surface area contributed by atoms with Gasteiger partial charge in [0, 0.05) is 24.4 Å². The number of hydrogen-bond acceptors (Lipinski definition) is 2. The maximum absolute atomic E-state index is 11.0. The van der Waals surface area contributed by atoms with Crippen molar-refractivity contribution < 1.29 is 4.21 Å². The first-order valence-corrected chi connectivity index (χ1v) is 5.93. The third-order valence-corrected chi connectivity index (χ3v) is 3.31. The van der Waals surface area contributed by atoms with Gasteiger partial charge >= 0.3 is 0 Å². The molecule has 2 N–H and O–H groups in total. The minimum Gasteiger partial charge on any atom is -0.276 e. The quantitative estimate of drug-likeness (QED) is 0.812. The molecule has 0 aliphatic rings. The van der Waals surface area contributed by atoms with Crippen LogP contribution in [0.2, 0.25) is 0 Å². The lowest BCUT2D eigenvalue weighted by Crippen LogP contribution is -2.20. The first-order valence-electron chi connectivity index (χ1n) is 4.65. The van der Waals surface area contributed by atoms with Crippen molar-refractivity contribution >= 4 is 11.0 Å². The number of nitrogens with two attached hydrogens (primary N) is 1. The molecule has 0 amide bonds. The molecule has 1 aromatic rings. The molecule has 1 aromatic heterocycles. The molecule has 80 valence electrons. The molecular weight excluding hydrogens is 198 g/mol. The summed E-state index contributed by atoms with van der Waals surface area (Å²) in [6.45, 7) is 3.97. The van der Waals surface area contributed by atoms with E-state index in [9.17, 15) is 4.21 Å². The maximum Gasteiger partial charge on any atom is 0.0917 e. The van der Waals surface area contributed by atoms with E-state index >= 15 is 0 Å². The summed E-state index contributed by atoms with van der Waals surface area (Å²) in [6.07, 6.45) is 2.72. The van der Waals surface area contributed by atoms with E-state index in [0.717, 1.165) is 12.1 Å². The van der Waals surface area contributed by atoms with Gasteiger partial charge in [-0.2, -0.15) is 5.10 Å². The summed E-state index contributed by atoms with van der Waals surface area (Å²) in [5.74, 6) is 0.304. The molecule has 1 rings (SSSR count). The summed E-state index contributed by atoms with van der Waals surface area (Å²) in [5, 5.41) is 9.63. The highest BCUT2D eigenvalue weighted by Gasteiger charge is 2.15. The van der Waals surface area contributed by atoms with Gasteiger partial charge in [0.05, 0.1) is 16.7 Å². The average Bonchev–Trinajstić information content (AvgIpc) is 2.51. The fourth-order valence-corrected chi connectivity index (χ4v) is 1.89. The monoisotopic (exact) mass is 215 g/mol. The SMILES string of the molecule is CC(C[C@@H](C)c1ccn(C)n1)S(N)=O. The Morgan fingerprint density at radius 1 is 1.64 bits per heavy atom. The number of rotatable bonds is 4. The Morgan fingerprint density at radius 2 is 2.29 bits per heavy atom. The molecular formula is C9H17N3OS. The van der Waals surface area contributed by atoms with Gasteiger partial charge in [-0.1, -0.05) is 6.92 Å². The van der Waals surface area contributed by atoms with Crippen LogP contribution in [0.5, 0.6) is 0 Å². The molecule has 0 fully saturated rings. The highest BCUT2D eigenvalue weighted by Crippen LogP contribution is 2.19. The highest BCUT2D eigenvalue weighted by atomic mass is 32.2. The van der Waals surface area contributed by atoms with Crippen LogP contribution in [0.25, 0.3) is 0 Å². The predicted molar refractivity (Wildman–Crippen MR) is 58.0 cm³/mol. The van der Waals surface area contributed by atoms with Gasteiger partial charge in [-0.3, -0.25) is 9.82 Å². The third-order valence-electron chi connectivity index (χ3n) is 2.32. The van der Waals surface area contributed by atoms with E-state index in [1.807, 2.05) is 26.2 Å². The van der Waals surface area contributed by atoms with Crippen molar-refractivity contribution in [3.8, 4) is 0 Å². The number of nitrogens with zero attached hydrogens (tertiary/aromatic N) is 2. The van der Waals surface area contributed by atoms with Crippen molar-refractivity contribution in [2.75, 3.05) is 0 Å². The Kier molecular flexibility index (Phi) is 3.83. The molecule has 0 radical (unpaired) electrons. The van der Waals surface area contributed by atoms with Gasteiger partial charge in [-0.15, -0.1) is 0 Å². The molecule has 0 saturated carbocycles. The van der Waals surface area contributed by atoms with Crippen LogP contribution < -0.4 is 5.14 Å². The molecule has 3 atom stereocenters. The van der Waals surface area contributed by atoms with E-state index in [1.54, 1.807) is 4.68 Å². The molecule has 0 aliphatic heterocycles. The van der Waals surface area contributed by atoms with Crippen molar-refractivity contribution in [1.82, 2.24) is 9.78 Å². The minimum absolute atomic E-state index is 0.0204. The molecule has 5 heteroatoms. The van der Waals surface area contributed by atoms with Crippen molar-refractivity contribution in [2.45, 2.75) is 31.4 Å². The summed E-state index contributed by atoms with van der Waals surface area (Å²) in [6, 6.07) is 1.98. The molecule has 0 saturated heterocycles. The van der Waals surface area contributed by atoms with Gasteiger partial charge in [-0.05, 0) is 19.4 Å². The smallest absolute Gasteiger partial charge is 0.0917 e. The van der Waals surface area contributed by atoms with E-state index in [4.69, 9.17) is 5.14 Å². The van der Waals surface area contributed by atoms with Gasteiger partial charge < -0.3 is 0 Å². The van der Waals surface area contributed by atoms with Crippen molar-refractivity contribution in [3.63, 3.8) is 0 Å². The summed E-state index contributed by atoms with van der Waals surface area (Å²) >= 11 is 0. The number of aryl methyl sites for hydroxylation is 1. The van der Waals surface area contributed by atoms with Crippen LogP contribution >= 0.6 is 0 Å². The zero-order valence-corrected chi connectivity index (χ0v) is 9.62. The van der Waals surface area contributed by atoms with Crippen molar-refractivity contribution in [2.24, 2.45) is 12.2 Å².